The van der Waals surface area contributed by atoms with Gasteiger partial charge in [0, 0.05) is 22.0 Å². The molecule has 0 heterocycles. The van der Waals surface area contributed by atoms with Crippen LogP contribution in [-0.2, 0) is 17.7 Å². The van der Waals surface area contributed by atoms with E-state index in [1.54, 1.807) is 0 Å². The van der Waals surface area contributed by atoms with Gasteiger partial charge < -0.3 is 17.7 Å². The van der Waals surface area contributed by atoms with Crippen LogP contribution in [0.3, 0.4) is 0 Å². The molecule has 0 N–H and O–H groups in total. The fourth-order valence-electron chi connectivity index (χ4n) is 2.83. The summed E-state index contributed by atoms with van der Waals surface area (Å²) in [6.07, 6.45) is 2.21. The second kappa shape index (κ2) is 12.2. The van der Waals surface area contributed by atoms with E-state index in [0.29, 0.717) is 13.2 Å². The van der Waals surface area contributed by atoms with Gasteiger partial charge in [-0.3, -0.25) is 0 Å². The summed E-state index contributed by atoms with van der Waals surface area (Å²) in [7, 11) is -5.71. The first kappa shape index (κ1) is 25.7. The molecular formula is C17H44O4Si4. The maximum atomic E-state index is 6.51. The van der Waals surface area contributed by atoms with Gasteiger partial charge >= 0.3 is 8.56 Å². The molecule has 0 bridgehead atoms. The van der Waals surface area contributed by atoms with Crippen LogP contribution in [0, 0.1) is 0 Å². The molecule has 25 heavy (non-hydrogen) atoms. The molecule has 0 saturated heterocycles. The van der Waals surface area contributed by atoms with Gasteiger partial charge in [-0.15, -0.1) is 0 Å². The highest BCUT2D eigenvalue weighted by Crippen LogP contribution is 2.25. The van der Waals surface area contributed by atoms with Gasteiger partial charge in [-0.05, 0) is 64.7 Å². The first-order chi connectivity index (χ1) is 11.3. The maximum absolute atomic E-state index is 6.51. The van der Waals surface area contributed by atoms with Crippen LogP contribution >= 0.6 is 0 Å². The van der Waals surface area contributed by atoms with E-state index in [2.05, 4.69) is 58.9 Å². The monoisotopic (exact) mass is 424 g/mol. The van der Waals surface area contributed by atoms with Crippen LogP contribution in [0.2, 0.25) is 71.0 Å². The van der Waals surface area contributed by atoms with E-state index in [4.69, 9.17) is 17.7 Å². The minimum atomic E-state index is -2.10. The van der Waals surface area contributed by atoms with Gasteiger partial charge in [0.2, 0.25) is 0 Å². The normalized spacial score (nSPS) is 13.7. The third-order valence-electron chi connectivity index (χ3n) is 3.41. The zero-order valence-electron chi connectivity index (χ0n) is 18.4. The van der Waals surface area contributed by atoms with Crippen molar-refractivity contribution in [2.75, 3.05) is 26.4 Å². The summed E-state index contributed by atoms with van der Waals surface area (Å²) >= 11 is 0. The quantitative estimate of drug-likeness (QED) is 0.272. The van der Waals surface area contributed by atoms with Gasteiger partial charge in [0.15, 0.2) is 16.6 Å². The van der Waals surface area contributed by atoms with E-state index in [0.717, 1.165) is 25.7 Å². The Labute approximate surface area is 162 Å². The molecule has 0 aromatic heterocycles. The Bertz CT molecular complexity index is 325. The Kier molecular flexibility index (Phi) is 12.6. The second-order valence-electron chi connectivity index (χ2n) is 9.43. The molecule has 0 aromatic carbocycles. The summed E-state index contributed by atoms with van der Waals surface area (Å²) in [6.45, 7) is 23.6. The first-order valence-corrected chi connectivity index (χ1v) is 22.4. The van der Waals surface area contributed by atoms with Crippen molar-refractivity contribution in [2.24, 2.45) is 0 Å². The largest absolute Gasteiger partial charge is 0.437 e. The van der Waals surface area contributed by atoms with Crippen molar-refractivity contribution in [1.82, 2.24) is 0 Å². The van der Waals surface area contributed by atoms with Gasteiger partial charge in [0.05, 0.1) is 13.2 Å². The van der Waals surface area contributed by atoms with E-state index in [1.807, 2.05) is 0 Å². The van der Waals surface area contributed by atoms with Crippen LogP contribution in [0.25, 0.3) is 0 Å². The average Bonchev–Trinajstić information content (AvgIpc) is 2.35. The molecule has 0 aliphatic carbocycles. The topological polar surface area (TPSA) is 36.9 Å². The molecule has 0 saturated carbocycles. The van der Waals surface area contributed by atoms with E-state index >= 15 is 0 Å². The van der Waals surface area contributed by atoms with E-state index in [-0.39, 0.29) is 0 Å². The molecule has 0 spiro atoms. The minimum Gasteiger partial charge on any atom is -0.437 e. The Morgan fingerprint density at radius 3 is 1.48 bits per heavy atom. The fourth-order valence-corrected chi connectivity index (χ4v) is 16.3. The minimum absolute atomic E-state index is 0.418. The number of hydrogen-bond donors (Lipinski definition) is 0. The van der Waals surface area contributed by atoms with Crippen LogP contribution in [0.4, 0.5) is 0 Å². The summed E-state index contributed by atoms with van der Waals surface area (Å²) in [4.78, 5) is 0. The average molecular weight is 425 g/mol. The van der Waals surface area contributed by atoms with Crippen LogP contribution in [0.5, 0.6) is 0 Å². The lowest BCUT2D eigenvalue weighted by molar-refractivity contribution is 0.0478. The molecule has 0 aromatic rings. The summed E-state index contributed by atoms with van der Waals surface area (Å²) in [5, 5.41) is 0. The smallest absolute Gasteiger partial charge is 0.314 e. The zero-order chi connectivity index (χ0) is 19.6. The molecule has 0 fully saturated rings. The molecule has 0 rings (SSSR count). The lowest BCUT2D eigenvalue weighted by atomic mass is 10.5. The SMILES string of the molecule is C[SiH](C)CCCOCCOCCC[Si](C)(O[Si](C)(C)C)O[Si](C)(C)C. The van der Waals surface area contributed by atoms with E-state index in [1.165, 1.54) is 12.5 Å². The summed E-state index contributed by atoms with van der Waals surface area (Å²) < 4.78 is 24.4. The van der Waals surface area contributed by atoms with Crippen LogP contribution in [0.1, 0.15) is 12.8 Å². The molecule has 0 radical (unpaired) electrons. The van der Waals surface area contributed by atoms with Crippen molar-refractivity contribution in [2.45, 2.75) is 83.9 Å². The van der Waals surface area contributed by atoms with Crippen molar-refractivity contribution in [3.63, 3.8) is 0 Å². The van der Waals surface area contributed by atoms with Crippen molar-refractivity contribution in [3.05, 3.63) is 0 Å². The predicted molar refractivity (Wildman–Crippen MR) is 120 cm³/mol. The summed E-state index contributed by atoms with van der Waals surface area (Å²) in [5.74, 6) is 0. The Morgan fingerprint density at radius 2 is 1.08 bits per heavy atom. The van der Waals surface area contributed by atoms with Crippen LogP contribution < -0.4 is 0 Å². The first-order valence-electron chi connectivity index (χ1n) is 9.89. The summed E-state index contributed by atoms with van der Waals surface area (Å²) in [5.41, 5.74) is 0. The molecule has 0 amide bonds. The fraction of sp³-hybridized carbons (Fsp3) is 1.00. The van der Waals surface area contributed by atoms with Gasteiger partial charge in [-0.2, -0.15) is 0 Å². The number of rotatable bonds is 15. The van der Waals surface area contributed by atoms with Crippen molar-refractivity contribution in [1.29, 1.82) is 0 Å². The second-order valence-corrected chi connectivity index (χ2v) is 25.6. The predicted octanol–water partition coefficient (Wildman–Crippen LogP) is 5.06. The van der Waals surface area contributed by atoms with Crippen LogP contribution in [-0.4, -0.2) is 60.4 Å². The van der Waals surface area contributed by atoms with Crippen LogP contribution in [0.15, 0.2) is 0 Å². The molecular weight excluding hydrogens is 381 g/mol. The number of hydrogen-bond acceptors (Lipinski definition) is 4. The van der Waals surface area contributed by atoms with Gasteiger partial charge in [-0.1, -0.05) is 19.1 Å². The lowest BCUT2D eigenvalue weighted by Crippen LogP contribution is -2.52. The van der Waals surface area contributed by atoms with Crippen molar-refractivity contribution >= 4 is 34.0 Å². The Morgan fingerprint density at radius 1 is 0.640 bits per heavy atom. The van der Waals surface area contributed by atoms with E-state index < -0.39 is 34.0 Å². The molecule has 0 atom stereocenters. The highest BCUT2D eigenvalue weighted by Gasteiger charge is 2.39. The summed E-state index contributed by atoms with van der Waals surface area (Å²) in [6, 6.07) is 2.39. The number of ether oxygens (including phenoxy) is 2. The highest BCUT2D eigenvalue weighted by atomic mass is 28.5. The van der Waals surface area contributed by atoms with Gasteiger partial charge in [0.1, 0.15) is 0 Å². The Hall–Kier alpha value is 0.708. The molecule has 8 heteroatoms. The highest BCUT2D eigenvalue weighted by molar-refractivity contribution is 6.87. The molecule has 4 nitrogen and oxygen atoms in total. The Balaban J connectivity index is 3.95. The standard InChI is InChI=1S/C17H44O4Si4/c1-22(2)16-10-12-18-14-15-19-13-11-17-25(9,20-23(3,4)5)21-24(6,7)8/h22H,10-17H2,1-9H3. The third kappa shape index (κ3) is 17.9. The maximum Gasteiger partial charge on any atom is 0.314 e. The molecule has 0 unspecified atom stereocenters. The van der Waals surface area contributed by atoms with E-state index in [9.17, 15) is 0 Å². The molecule has 152 valence electrons. The molecule has 0 aliphatic heterocycles. The van der Waals surface area contributed by atoms with Crippen molar-refractivity contribution < 1.29 is 17.7 Å². The zero-order valence-corrected chi connectivity index (χ0v) is 22.5. The lowest BCUT2D eigenvalue weighted by Gasteiger charge is -2.38. The van der Waals surface area contributed by atoms with Gasteiger partial charge in [0.25, 0.3) is 0 Å². The molecule has 0 aliphatic rings. The van der Waals surface area contributed by atoms with Crippen molar-refractivity contribution in [3.8, 4) is 0 Å². The van der Waals surface area contributed by atoms with Gasteiger partial charge in [-0.25, -0.2) is 0 Å². The third-order valence-corrected chi connectivity index (χ3v) is 14.6.